The van der Waals surface area contributed by atoms with Crippen molar-refractivity contribution < 1.29 is 9.18 Å². The standard InChI is InChI=1S/C12H15FN2O/c13-9-3-1-2-8(6-9)4-5-15-12(16)10-7-11(10)14/h1-3,6,10-11H,4-5,7,14H2,(H,15,16). The molecule has 0 radical (unpaired) electrons. The predicted molar refractivity (Wildman–Crippen MR) is 59.2 cm³/mol. The molecule has 2 rings (SSSR count). The van der Waals surface area contributed by atoms with Crippen LogP contribution >= 0.6 is 0 Å². The molecule has 2 atom stereocenters. The Kier molecular flexibility index (Phi) is 3.19. The molecule has 3 nitrogen and oxygen atoms in total. The van der Waals surface area contributed by atoms with E-state index in [1.807, 2.05) is 6.07 Å². The van der Waals surface area contributed by atoms with Gasteiger partial charge in [-0.25, -0.2) is 4.39 Å². The third kappa shape index (κ3) is 2.79. The summed E-state index contributed by atoms with van der Waals surface area (Å²) in [7, 11) is 0. The Balaban J connectivity index is 1.74. The molecule has 0 aliphatic heterocycles. The Morgan fingerprint density at radius 1 is 1.56 bits per heavy atom. The Labute approximate surface area is 93.8 Å². The van der Waals surface area contributed by atoms with Crippen molar-refractivity contribution in [3.8, 4) is 0 Å². The highest BCUT2D eigenvalue weighted by atomic mass is 19.1. The van der Waals surface area contributed by atoms with Gasteiger partial charge in [-0.2, -0.15) is 0 Å². The summed E-state index contributed by atoms with van der Waals surface area (Å²) in [5, 5.41) is 2.80. The Bertz CT molecular complexity index is 394. The highest BCUT2D eigenvalue weighted by Crippen LogP contribution is 2.27. The molecule has 16 heavy (non-hydrogen) atoms. The summed E-state index contributed by atoms with van der Waals surface area (Å²) in [4.78, 5) is 11.4. The molecule has 4 heteroatoms. The van der Waals surface area contributed by atoms with Gasteiger partial charge in [0.05, 0.1) is 5.92 Å². The number of nitrogens with two attached hydrogens (primary N) is 1. The molecule has 1 aromatic rings. The number of halogens is 1. The first-order valence-electron chi connectivity index (χ1n) is 5.44. The van der Waals surface area contributed by atoms with Crippen LogP contribution in [-0.4, -0.2) is 18.5 Å². The van der Waals surface area contributed by atoms with Gasteiger partial charge in [-0.05, 0) is 30.5 Å². The first-order chi connectivity index (χ1) is 7.66. The lowest BCUT2D eigenvalue weighted by atomic mass is 10.1. The van der Waals surface area contributed by atoms with E-state index >= 15 is 0 Å². The van der Waals surface area contributed by atoms with Crippen molar-refractivity contribution in [2.75, 3.05) is 6.54 Å². The zero-order valence-electron chi connectivity index (χ0n) is 8.95. The molecule has 1 aromatic carbocycles. The van der Waals surface area contributed by atoms with E-state index in [9.17, 15) is 9.18 Å². The maximum atomic E-state index is 12.8. The number of rotatable bonds is 4. The second kappa shape index (κ2) is 4.61. The fourth-order valence-corrected chi connectivity index (χ4v) is 1.67. The number of nitrogens with one attached hydrogen (secondary N) is 1. The first-order valence-corrected chi connectivity index (χ1v) is 5.44. The molecule has 0 saturated heterocycles. The highest BCUT2D eigenvalue weighted by molar-refractivity contribution is 5.82. The molecule has 1 aliphatic carbocycles. The lowest BCUT2D eigenvalue weighted by Crippen LogP contribution is -2.29. The van der Waals surface area contributed by atoms with Crippen molar-refractivity contribution in [2.24, 2.45) is 11.7 Å². The number of amides is 1. The second-order valence-electron chi connectivity index (χ2n) is 4.18. The predicted octanol–water partition coefficient (Wildman–Crippen LogP) is 0.832. The van der Waals surface area contributed by atoms with Gasteiger partial charge in [-0.15, -0.1) is 0 Å². The lowest BCUT2D eigenvalue weighted by Gasteiger charge is -2.04. The average Bonchev–Trinajstić information content (AvgIpc) is 2.96. The lowest BCUT2D eigenvalue weighted by molar-refractivity contribution is -0.122. The number of benzene rings is 1. The molecular weight excluding hydrogens is 207 g/mol. The van der Waals surface area contributed by atoms with Crippen LogP contribution in [0.25, 0.3) is 0 Å². The third-order valence-electron chi connectivity index (χ3n) is 2.78. The molecule has 0 aromatic heterocycles. The number of hydrogen-bond donors (Lipinski definition) is 2. The summed E-state index contributed by atoms with van der Waals surface area (Å²) in [6.07, 6.45) is 1.43. The van der Waals surface area contributed by atoms with Crippen LogP contribution in [0.1, 0.15) is 12.0 Å². The smallest absolute Gasteiger partial charge is 0.224 e. The largest absolute Gasteiger partial charge is 0.355 e. The van der Waals surface area contributed by atoms with Gasteiger partial charge in [0.1, 0.15) is 5.82 Å². The molecule has 1 aliphatic rings. The second-order valence-corrected chi connectivity index (χ2v) is 4.18. The van der Waals surface area contributed by atoms with Crippen LogP contribution in [0.15, 0.2) is 24.3 Å². The molecule has 0 heterocycles. The Morgan fingerprint density at radius 3 is 2.94 bits per heavy atom. The summed E-state index contributed by atoms with van der Waals surface area (Å²) in [5.74, 6) is -0.232. The van der Waals surface area contributed by atoms with Crippen molar-refractivity contribution in [3.63, 3.8) is 0 Å². The van der Waals surface area contributed by atoms with E-state index < -0.39 is 0 Å². The van der Waals surface area contributed by atoms with Crippen LogP contribution in [0.2, 0.25) is 0 Å². The summed E-state index contributed by atoms with van der Waals surface area (Å²) in [6.45, 7) is 0.533. The zero-order chi connectivity index (χ0) is 11.5. The molecule has 2 unspecified atom stereocenters. The third-order valence-corrected chi connectivity index (χ3v) is 2.78. The average molecular weight is 222 g/mol. The minimum atomic E-state index is -0.243. The van der Waals surface area contributed by atoms with Gasteiger partial charge in [0.2, 0.25) is 5.91 Å². The van der Waals surface area contributed by atoms with Crippen LogP contribution in [0.4, 0.5) is 4.39 Å². The molecule has 0 spiro atoms. The summed E-state index contributed by atoms with van der Waals surface area (Å²) in [5.41, 5.74) is 6.45. The minimum absolute atomic E-state index is 0.00694. The van der Waals surface area contributed by atoms with Crippen molar-refractivity contribution in [3.05, 3.63) is 35.6 Å². The van der Waals surface area contributed by atoms with E-state index in [-0.39, 0.29) is 23.7 Å². The van der Waals surface area contributed by atoms with E-state index in [4.69, 9.17) is 5.73 Å². The van der Waals surface area contributed by atoms with Crippen LogP contribution in [0, 0.1) is 11.7 Å². The van der Waals surface area contributed by atoms with Gasteiger partial charge >= 0.3 is 0 Å². The first kappa shape index (κ1) is 11.1. The Hall–Kier alpha value is -1.42. The minimum Gasteiger partial charge on any atom is -0.355 e. The molecule has 3 N–H and O–H groups in total. The van der Waals surface area contributed by atoms with Crippen molar-refractivity contribution in [1.82, 2.24) is 5.32 Å². The van der Waals surface area contributed by atoms with E-state index in [1.54, 1.807) is 6.07 Å². The molecule has 86 valence electrons. The molecule has 1 saturated carbocycles. The van der Waals surface area contributed by atoms with Crippen molar-refractivity contribution in [1.29, 1.82) is 0 Å². The molecule has 1 fully saturated rings. The number of hydrogen-bond acceptors (Lipinski definition) is 2. The van der Waals surface area contributed by atoms with Gasteiger partial charge in [0, 0.05) is 12.6 Å². The summed E-state index contributed by atoms with van der Waals surface area (Å²) < 4.78 is 12.8. The SMILES string of the molecule is NC1CC1C(=O)NCCc1cccc(F)c1. The monoisotopic (exact) mass is 222 g/mol. The highest BCUT2D eigenvalue weighted by Gasteiger charge is 2.39. The van der Waals surface area contributed by atoms with Gasteiger partial charge in [0.15, 0.2) is 0 Å². The normalized spacial score (nSPS) is 22.9. The van der Waals surface area contributed by atoms with E-state index in [1.165, 1.54) is 12.1 Å². The van der Waals surface area contributed by atoms with Crippen LogP contribution < -0.4 is 11.1 Å². The van der Waals surface area contributed by atoms with Crippen LogP contribution in [-0.2, 0) is 11.2 Å². The van der Waals surface area contributed by atoms with Gasteiger partial charge in [0.25, 0.3) is 0 Å². The molecular formula is C12H15FN2O. The van der Waals surface area contributed by atoms with Gasteiger partial charge in [-0.3, -0.25) is 4.79 Å². The van der Waals surface area contributed by atoms with Crippen LogP contribution in [0.3, 0.4) is 0 Å². The van der Waals surface area contributed by atoms with Gasteiger partial charge < -0.3 is 11.1 Å². The summed E-state index contributed by atoms with van der Waals surface area (Å²) in [6, 6.07) is 6.44. The van der Waals surface area contributed by atoms with E-state index in [2.05, 4.69) is 5.32 Å². The number of carbonyl (C=O) groups is 1. The fraction of sp³-hybridized carbons (Fsp3) is 0.417. The maximum Gasteiger partial charge on any atom is 0.224 e. The summed E-state index contributed by atoms with van der Waals surface area (Å²) >= 11 is 0. The van der Waals surface area contributed by atoms with E-state index in [0.717, 1.165) is 12.0 Å². The quantitative estimate of drug-likeness (QED) is 0.793. The number of carbonyl (C=O) groups excluding carboxylic acids is 1. The fourth-order valence-electron chi connectivity index (χ4n) is 1.67. The van der Waals surface area contributed by atoms with Crippen LogP contribution in [0.5, 0.6) is 0 Å². The molecule has 1 amide bonds. The van der Waals surface area contributed by atoms with Gasteiger partial charge in [-0.1, -0.05) is 12.1 Å². The topological polar surface area (TPSA) is 55.1 Å². The maximum absolute atomic E-state index is 12.8. The van der Waals surface area contributed by atoms with Crippen molar-refractivity contribution >= 4 is 5.91 Å². The Morgan fingerprint density at radius 2 is 2.31 bits per heavy atom. The van der Waals surface area contributed by atoms with Crippen molar-refractivity contribution in [2.45, 2.75) is 18.9 Å². The zero-order valence-corrected chi connectivity index (χ0v) is 8.95. The van der Waals surface area contributed by atoms with E-state index in [0.29, 0.717) is 13.0 Å². The molecule has 0 bridgehead atoms.